The summed E-state index contributed by atoms with van der Waals surface area (Å²) in [6, 6.07) is 9.89. The average Bonchev–Trinajstić information content (AvgIpc) is 2.54. The summed E-state index contributed by atoms with van der Waals surface area (Å²) in [5.74, 6) is 1.17. The fourth-order valence-corrected chi connectivity index (χ4v) is 3.81. The molecule has 1 amide bonds. The Kier molecular flexibility index (Phi) is 7.24. The fourth-order valence-electron chi connectivity index (χ4n) is 2.70. The number of aryl methyl sites for hydroxylation is 3. The van der Waals surface area contributed by atoms with Crippen molar-refractivity contribution in [3.05, 3.63) is 68.2 Å². The second-order valence-corrected chi connectivity index (χ2v) is 8.12. The summed E-state index contributed by atoms with van der Waals surface area (Å²) in [6.07, 6.45) is 0. The lowest BCUT2D eigenvalue weighted by molar-refractivity contribution is -0.119. The molecule has 2 rings (SSSR count). The van der Waals surface area contributed by atoms with Crippen molar-refractivity contribution in [2.24, 2.45) is 0 Å². The topological polar surface area (TPSA) is 29.1 Å². The molecule has 0 aliphatic rings. The van der Waals surface area contributed by atoms with Gasteiger partial charge in [0.05, 0.1) is 21.8 Å². The molecule has 0 aliphatic carbocycles. The molecule has 0 heterocycles. The molecule has 0 saturated heterocycles. The first-order valence-electron chi connectivity index (χ1n) is 8.16. The molecule has 2 aromatic carbocycles. The third-order valence-corrected chi connectivity index (χ3v) is 5.96. The molecule has 0 aliphatic heterocycles. The summed E-state index contributed by atoms with van der Waals surface area (Å²) in [7, 11) is 0. The number of nitrogens with one attached hydrogen (secondary N) is 1. The van der Waals surface area contributed by atoms with E-state index in [0.717, 1.165) is 11.3 Å². The lowest BCUT2D eigenvalue weighted by atomic mass is 9.96. The van der Waals surface area contributed by atoms with Crippen molar-refractivity contribution in [2.75, 3.05) is 5.75 Å². The standard InChI is InChI=1S/C20H23Cl2NOS/c1-12-7-14(3)17(8-13(12)2)15(4)23-20(24)11-25-10-16-5-6-18(21)19(22)9-16/h5-9,15H,10-11H2,1-4H3,(H,23,24)/t15-/m0/s1. The summed E-state index contributed by atoms with van der Waals surface area (Å²) in [6.45, 7) is 8.32. The summed E-state index contributed by atoms with van der Waals surface area (Å²) in [4.78, 5) is 12.2. The van der Waals surface area contributed by atoms with Crippen LogP contribution in [-0.4, -0.2) is 11.7 Å². The zero-order valence-electron chi connectivity index (χ0n) is 15.0. The molecular formula is C20H23Cl2NOS. The summed E-state index contributed by atoms with van der Waals surface area (Å²) >= 11 is 13.5. The molecule has 0 unspecified atom stereocenters. The second kappa shape index (κ2) is 8.98. The summed E-state index contributed by atoms with van der Waals surface area (Å²) in [5, 5.41) is 4.17. The zero-order valence-corrected chi connectivity index (χ0v) is 17.3. The van der Waals surface area contributed by atoms with Gasteiger partial charge in [-0.3, -0.25) is 4.79 Å². The second-order valence-electron chi connectivity index (χ2n) is 6.32. The number of benzene rings is 2. The van der Waals surface area contributed by atoms with E-state index < -0.39 is 0 Å². The van der Waals surface area contributed by atoms with Gasteiger partial charge in [-0.05, 0) is 67.6 Å². The summed E-state index contributed by atoms with van der Waals surface area (Å²) < 4.78 is 0. The van der Waals surface area contributed by atoms with Crippen molar-refractivity contribution in [3.8, 4) is 0 Å². The number of carbonyl (C=O) groups is 1. The van der Waals surface area contributed by atoms with Crippen LogP contribution in [0.15, 0.2) is 30.3 Å². The maximum atomic E-state index is 12.2. The molecule has 2 aromatic rings. The van der Waals surface area contributed by atoms with E-state index in [1.54, 1.807) is 17.8 Å². The molecular weight excluding hydrogens is 373 g/mol. The Labute approximate surface area is 164 Å². The van der Waals surface area contributed by atoms with E-state index in [0.29, 0.717) is 15.8 Å². The van der Waals surface area contributed by atoms with E-state index in [-0.39, 0.29) is 11.9 Å². The third-order valence-electron chi connectivity index (χ3n) is 4.21. The minimum Gasteiger partial charge on any atom is -0.349 e. The largest absolute Gasteiger partial charge is 0.349 e. The molecule has 134 valence electrons. The maximum absolute atomic E-state index is 12.2. The van der Waals surface area contributed by atoms with Crippen LogP contribution in [0.5, 0.6) is 0 Å². The van der Waals surface area contributed by atoms with Gasteiger partial charge in [0.25, 0.3) is 0 Å². The van der Waals surface area contributed by atoms with Crippen molar-refractivity contribution in [1.29, 1.82) is 0 Å². The minimum absolute atomic E-state index is 0.00243. The highest BCUT2D eigenvalue weighted by atomic mass is 35.5. The van der Waals surface area contributed by atoms with Gasteiger partial charge in [-0.1, -0.05) is 41.4 Å². The molecule has 0 bridgehead atoms. The Morgan fingerprint density at radius 2 is 1.72 bits per heavy atom. The first-order chi connectivity index (χ1) is 11.8. The van der Waals surface area contributed by atoms with E-state index in [4.69, 9.17) is 23.2 Å². The molecule has 0 aromatic heterocycles. The van der Waals surface area contributed by atoms with Gasteiger partial charge in [0.2, 0.25) is 5.91 Å². The molecule has 25 heavy (non-hydrogen) atoms. The SMILES string of the molecule is Cc1cc(C)c([C@H](C)NC(=O)CSCc2ccc(Cl)c(Cl)c2)cc1C. The van der Waals surface area contributed by atoms with E-state index in [2.05, 4.69) is 38.2 Å². The zero-order chi connectivity index (χ0) is 18.6. The van der Waals surface area contributed by atoms with E-state index in [9.17, 15) is 4.79 Å². The van der Waals surface area contributed by atoms with Crippen molar-refractivity contribution >= 4 is 40.9 Å². The number of hydrogen-bond donors (Lipinski definition) is 1. The van der Waals surface area contributed by atoms with Gasteiger partial charge in [-0.25, -0.2) is 0 Å². The Bertz CT molecular complexity index is 777. The highest BCUT2D eigenvalue weighted by molar-refractivity contribution is 7.99. The van der Waals surface area contributed by atoms with Crippen molar-refractivity contribution < 1.29 is 4.79 Å². The lowest BCUT2D eigenvalue weighted by Gasteiger charge is -2.18. The Morgan fingerprint density at radius 1 is 1.04 bits per heavy atom. The normalized spacial score (nSPS) is 12.1. The van der Waals surface area contributed by atoms with Gasteiger partial charge in [0.15, 0.2) is 0 Å². The molecule has 2 nitrogen and oxygen atoms in total. The number of hydrogen-bond acceptors (Lipinski definition) is 2. The number of thioether (sulfide) groups is 1. The van der Waals surface area contributed by atoms with Gasteiger partial charge in [-0.15, -0.1) is 11.8 Å². The molecule has 0 spiro atoms. The first kappa shape index (κ1) is 20.2. The smallest absolute Gasteiger partial charge is 0.230 e. The predicted molar refractivity (Wildman–Crippen MR) is 110 cm³/mol. The number of halogens is 2. The van der Waals surface area contributed by atoms with Crippen LogP contribution in [-0.2, 0) is 10.5 Å². The number of amides is 1. The average molecular weight is 396 g/mol. The molecule has 0 radical (unpaired) electrons. The number of carbonyl (C=O) groups excluding carboxylic acids is 1. The molecule has 1 atom stereocenters. The van der Waals surface area contributed by atoms with E-state index in [1.807, 2.05) is 19.1 Å². The van der Waals surface area contributed by atoms with Crippen LogP contribution in [0, 0.1) is 20.8 Å². The maximum Gasteiger partial charge on any atom is 0.230 e. The highest BCUT2D eigenvalue weighted by Crippen LogP contribution is 2.25. The Balaban J connectivity index is 1.87. The van der Waals surface area contributed by atoms with Crippen LogP contribution in [0.25, 0.3) is 0 Å². The summed E-state index contributed by atoms with van der Waals surface area (Å²) in [5.41, 5.74) is 5.96. The molecule has 0 fully saturated rings. The van der Waals surface area contributed by atoms with Gasteiger partial charge >= 0.3 is 0 Å². The van der Waals surface area contributed by atoms with Crippen LogP contribution < -0.4 is 5.32 Å². The van der Waals surface area contributed by atoms with Gasteiger partial charge in [0.1, 0.15) is 0 Å². The predicted octanol–water partition coefficient (Wildman–Crippen LogP) is 6.03. The molecule has 1 N–H and O–H groups in total. The number of rotatable bonds is 6. The van der Waals surface area contributed by atoms with Gasteiger partial charge in [-0.2, -0.15) is 0 Å². The monoisotopic (exact) mass is 395 g/mol. The third kappa shape index (κ3) is 5.67. The molecule has 5 heteroatoms. The quantitative estimate of drug-likeness (QED) is 0.646. The Hall–Kier alpha value is -1.16. The fraction of sp³-hybridized carbons (Fsp3) is 0.350. The first-order valence-corrected chi connectivity index (χ1v) is 10.1. The Morgan fingerprint density at radius 3 is 2.40 bits per heavy atom. The highest BCUT2D eigenvalue weighted by Gasteiger charge is 2.13. The van der Waals surface area contributed by atoms with Crippen molar-refractivity contribution in [2.45, 2.75) is 39.5 Å². The van der Waals surface area contributed by atoms with Crippen molar-refractivity contribution in [1.82, 2.24) is 5.32 Å². The van der Waals surface area contributed by atoms with Crippen LogP contribution >= 0.6 is 35.0 Å². The van der Waals surface area contributed by atoms with Crippen LogP contribution in [0.1, 0.15) is 40.8 Å². The van der Waals surface area contributed by atoms with Gasteiger partial charge in [0, 0.05) is 5.75 Å². The van der Waals surface area contributed by atoms with Crippen LogP contribution in [0.4, 0.5) is 0 Å². The van der Waals surface area contributed by atoms with Crippen LogP contribution in [0.2, 0.25) is 10.0 Å². The van der Waals surface area contributed by atoms with E-state index >= 15 is 0 Å². The van der Waals surface area contributed by atoms with E-state index in [1.165, 1.54) is 22.3 Å². The van der Waals surface area contributed by atoms with Crippen LogP contribution in [0.3, 0.4) is 0 Å². The minimum atomic E-state index is -0.00243. The molecule has 0 saturated carbocycles. The van der Waals surface area contributed by atoms with Gasteiger partial charge < -0.3 is 5.32 Å². The van der Waals surface area contributed by atoms with Crippen molar-refractivity contribution in [3.63, 3.8) is 0 Å². The lowest BCUT2D eigenvalue weighted by Crippen LogP contribution is -2.28.